The Kier molecular flexibility index (Phi) is 7.42. The number of hydrogen-bond donors (Lipinski definition) is 0. The molecule has 0 radical (unpaired) electrons. The first kappa shape index (κ1) is 17.4. The molecular formula is C12H19BrO7. The van der Waals surface area contributed by atoms with Crippen LogP contribution in [0.15, 0.2) is 0 Å². The highest BCUT2D eigenvalue weighted by molar-refractivity contribution is 9.09. The zero-order chi connectivity index (χ0) is 15.0. The topological polar surface area (TPSA) is 80.3 Å². The molecule has 1 aliphatic heterocycles. The van der Waals surface area contributed by atoms with Gasteiger partial charge in [-0.2, -0.15) is 4.89 Å². The molecule has 2 atom stereocenters. The molecule has 1 heterocycles. The van der Waals surface area contributed by atoms with Gasteiger partial charge in [-0.15, -0.1) is 0 Å². The average Bonchev–Trinajstić information content (AvgIpc) is 2.83. The maximum Gasteiger partial charge on any atom is 0.369 e. The maximum atomic E-state index is 11.4. The number of ether oxygens (including phenoxy) is 3. The van der Waals surface area contributed by atoms with Crippen LogP contribution in [0.25, 0.3) is 0 Å². The Bertz CT molecular complexity index is 336. The summed E-state index contributed by atoms with van der Waals surface area (Å²) in [5.74, 6) is -2.40. The zero-order valence-electron chi connectivity index (χ0n) is 11.6. The molecule has 2 unspecified atom stereocenters. The molecule has 20 heavy (non-hydrogen) atoms. The minimum absolute atomic E-state index is 0.228. The Balaban J connectivity index is 2.15. The first-order chi connectivity index (χ1) is 9.51. The van der Waals surface area contributed by atoms with E-state index < -0.39 is 18.0 Å². The second-order valence-electron chi connectivity index (χ2n) is 4.32. The molecule has 1 fully saturated rings. The van der Waals surface area contributed by atoms with Crippen LogP contribution < -0.4 is 0 Å². The van der Waals surface area contributed by atoms with Crippen LogP contribution in [0.1, 0.15) is 32.6 Å². The quantitative estimate of drug-likeness (QED) is 0.284. The molecular weight excluding hydrogens is 336 g/mol. The third kappa shape index (κ3) is 5.35. The van der Waals surface area contributed by atoms with Crippen molar-refractivity contribution in [3.05, 3.63) is 0 Å². The molecule has 116 valence electrons. The van der Waals surface area contributed by atoms with Crippen molar-refractivity contribution in [1.29, 1.82) is 0 Å². The Morgan fingerprint density at radius 1 is 1.35 bits per heavy atom. The predicted molar refractivity (Wildman–Crippen MR) is 70.7 cm³/mol. The minimum Gasteiger partial charge on any atom is -0.465 e. The molecule has 1 rings (SSSR count). The molecule has 7 nitrogen and oxygen atoms in total. The van der Waals surface area contributed by atoms with E-state index in [2.05, 4.69) is 20.7 Å². The standard InChI is InChI=1S/C12H19BrO7/c1-12(11(15)16-2)18-10(19-20-12)6-4-3-5-9(14)17-8-7-13/h10H,3-8H2,1-2H3. The van der Waals surface area contributed by atoms with E-state index in [0.717, 1.165) is 0 Å². The van der Waals surface area contributed by atoms with Crippen LogP contribution in [0.4, 0.5) is 0 Å². The van der Waals surface area contributed by atoms with Gasteiger partial charge in [-0.25, -0.2) is 9.68 Å². The second-order valence-corrected chi connectivity index (χ2v) is 5.11. The Morgan fingerprint density at radius 3 is 2.75 bits per heavy atom. The van der Waals surface area contributed by atoms with Crippen molar-refractivity contribution in [2.45, 2.75) is 44.7 Å². The van der Waals surface area contributed by atoms with Gasteiger partial charge in [-0.3, -0.25) is 4.79 Å². The fourth-order valence-corrected chi connectivity index (χ4v) is 1.78. The summed E-state index contributed by atoms with van der Waals surface area (Å²) in [6.07, 6.45) is 1.55. The number of rotatable bonds is 8. The lowest BCUT2D eigenvalue weighted by atomic mass is 10.2. The molecule has 0 aromatic carbocycles. The van der Waals surface area contributed by atoms with E-state index in [1.54, 1.807) is 0 Å². The Morgan fingerprint density at radius 2 is 2.10 bits per heavy atom. The maximum absolute atomic E-state index is 11.4. The van der Waals surface area contributed by atoms with E-state index in [9.17, 15) is 9.59 Å². The lowest BCUT2D eigenvalue weighted by Crippen LogP contribution is -2.38. The van der Waals surface area contributed by atoms with Gasteiger partial charge < -0.3 is 14.2 Å². The molecule has 0 bridgehead atoms. The predicted octanol–water partition coefficient (Wildman–Crippen LogP) is 1.68. The summed E-state index contributed by atoms with van der Waals surface area (Å²) in [7, 11) is 1.24. The van der Waals surface area contributed by atoms with Crippen LogP contribution in [0.5, 0.6) is 0 Å². The molecule has 1 saturated heterocycles. The van der Waals surface area contributed by atoms with Crippen LogP contribution in [0.2, 0.25) is 0 Å². The number of halogens is 1. The van der Waals surface area contributed by atoms with Gasteiger partial charge >= 0.3 is 11.9 Å². The Hall–Kier alpha value is -0.700. The summed E-state index contributed by atoms with van der Waals surface area (Å²) >= 11 is 3.17. The van der Waals surface area contributed by atoms with Gasteiger partial charge in [0.05, 0.1) is 7.11 Å². The molecule has 0 aliphatic carbocycles. The van der Waals surface area contributed by atoms with Gasteiger partial charge in [0.25, 0.3) is 5.79 Å². The number of carbonyl (C=O) groups excluding carboxylic acids is 2. The highest BCUT2D eigenvalue weighted by Gasteiger charge is 2.47. The highest BCUT2D eigenvalue weighted by Crippen LogP contribution is 2.28. The van der Waals surface area contributed by atoms with Crippen molar-refractivity contribution in [1.82, 2.24) is 0 Å². The van der Waals surface area contributed by atoms with Crippen molar-refractivity contribution < 1.29 is 33.6 Å². The van der Waals surface area contributed by atoms with Crippen LogP contribution >= 0.6 is 15.9 Å². The zero-order valence-corrected chi connectivity index (χ0v) is 13.1. The summed E-state index contributed by atoms with van der Waals surface area (Å²) in [5.41, 5.74) is 0. The fraction of sp³-hybridized carbons (Fsp3) is 0.833. The van der Waals surface area contributed by atoms with E-state index in [0.29, 0.717) is 37.6 Å². The van der Waals surface area contributed by atoms with Gasteiger partial charge in [0.15, 0.2) is 6.29 Å². The van der Waals surface area contributed by atoms with Crippen LogP contribution in [-0.2, 0) is 33.6 Å². The number of alkyl halides is 1. The highest BCUT2D eigenvalue weighted by atomic mass is 79.9. The smallest absolute Gasteiger partial charge is 0.369 e. The van der Waals surface area contributed by atoms with Crippen molar-refractivity contribution in [2.75, 3.05) is 19.0 Å². The lowest BCUT2D eigenvalue weighted by Gasteiger charge is -2.16. The van der Waals surface area contributed by atoms with Crippen molar-refractivity contribution in [2.24, 2.45) is 0 Å². The van der Waals surface area contributed by atoms with Crippen molar-refractivity contribution >= 4 is 27.9 Å². The second kappa shape index (κ2) is 8.56. The van der Waals surface area contributed by atoms with Crippen LogP contribution in [0, 0.1) is 0 Å². The van der Waals surface area contributed by atoms with Crippen LogP contribution in [-0.4, -0.2) is 43.1 Å². The van der Waals surface area contributed by atoms with Crippen LogP contribution in [0.3, 0.4) is 0 Å². The summed E-state index contributed by atoms with van der Waals surface area (Å²) < 4.78 is 14.8. The Labute approximate surface area is 125 Å². The number of methoxy groups -OCH3 is 1. The van der Waals surface area contributed by atoms with Gasteiger partial charge in [0, 0.05) is 25.1 Å². The number of hydrogen-bond acceptors (Lipinski definition) is 7. The van der Waals surface area contributed by atoms with E-state index >= 15 is 0 Å². The third-order valence-electron chi connectivity index (χ3n) is 2.64. The van der Waals surface area contributed by atoms with Gasteiger partial charge in [0.2, 0.25) is 0 Å². The van der Waals surface area contributed by atoms with E-state index in [-0.39, 0.29) is 5.97 Å². The fourth-order valence-electron chi connectivity index (χ4n) is 1.62. The van der Waals surface area contributed by atoms with E-state index in [1.165, 1.54) is 14.0 Å². The first-order valence-corrected chi connectivity index (χ1v) is 7.46. The van der Waals surface area contributed by atoms with E-state index in [1.807, 2.05) is 0 Å². The van der Waals surface area contributed by atoms with Gasteiger partial charge in [-0.1, -0.05) is 15.9 Å². The third-order valence-corrected chi connectivity index (χ3v) is 2.96. The molecule has 1 aliphatic rings. The molecule has 0 amide bonds. The van der Waals surface area contributed by atoms with Crippen molar-refractivity contribution in [3.63, 3.8) is 0 Å². The molecule has 0 saturated carbocycles. The molecule has 8 heteroatoms. The summed E-state index contributed by atoms with van der Waals surface area (Å²) in [6.45, 7) is 1.80. The molecule has 0 aromatic rings. The molecule has 0 spiro atoms. The SMILES string of the molecule is COC(=O)C1(C)OOC(CCCCC(=O)OCCBr)O1. The molecule has 0 N–H and O–H groups in total. The number of esters is 2. The van der Waals surface area contributed by atoms with Gasteiger partial charge in [-0.05, 0) is 12.8 Å². The van der Waals surface area contributed by atoms with E-state index in [4.69, 9.17) is 19.2 Å². The lowest BCUT2D eigenvalue weighted by molar-refractivity contribution is -0.321. The summed E-state index contributed by atoms with van der Waals surface area (Å²) in [4.78, 5) is 32.4. The monoisotopic (exact) mass is 354 g/mol. The number of unbranched alkanes of at least 4 members (excludes halogenated alkanes) is 1. The summed E-state index contributed by atoms with van der Waals surface area (Å²) in [5, 5.41) is 0.631. The summed E-state index contributed by atoms with van der Waals surface area (Å²) in [6, 6.07) is 0. The number of carbonyl (C=O) groups is 2. The largest absolute Gasteiger partial charge is 0.465 e. The molecule has 0 aromatic heterocycles. The minimum atomic E-state index is -1.52. The normalized spacial score (nSPS) is 25.4. The van der Waals surface area contributed by atoms with Gasteiger partial charge in [0.1, 0.15) is 6.61 Å². The first-order valence-electron chi connectivity index (χ1n) is 6.34. The van der Waals surface area contributed by atoms with Crippen molar-refractivity contribution in [3.8, 4) is 0 Å². The average molecular weight is 355 g/mol.